The first-order chi connectivity index (χ1) is 11.1. The summed E-state index contributed by atoms with van der Waals surface area (Å²) in [4.78, 5) is 11.4. The van der Waals surface area contributed by atoms with E-state index in [9.17, 15) is 4.79 Å². The lowest BCUT2D eigenvalue weighted by molar-refractivity contribution is -0.116. The van der Waals surface area contributed by atoms with Crippen LogP contribution in [-0.2, 0) is 4.79 Å². The van der Waals surface area contributed by atoms with Crippen LogP contribution in [0.2, 0.25) is 0 Å². The van der Waals surface area contributed by atoms with Crippen LogP contribution in [0.15, 0.2) is 48.6 Å². The van der Waals surface area contributed by atoms with Crippen LogP contribution in [-0.4, -0.2) is 19.2 Å². The lowest BCUT2D eigenvalue weighted by atomic mass is 10.2. The van der Waals surface area contributed by atoms with Gasteiger partial charge in [-0.2, -0.15) is 0 Å². The first-order valence-electron chi connectivity index (χ1n) is 7.82. The second kappa shape index (κ2) is 8.83. The monoisotopic (exact) mass is 313 g/mol. The Morgan fingerprint density at radius 3 is 2.87 bits per heavy atom. The fraction of sp³-hybridized carbons (Fsp3) is 0.316. The predicted molar refractivity (Wildman–Crippen MR) is 92.3 cm³/mol. The molecule has 0 aromatic heterocycles. The Balaban J connectivity index is 1.71. The van der Waals surface area contributed by atoms with E-state index in [2.05, 4.69) is 25.2 Å². The van der Waals surface area contributed by atoms with Crippen molar-refractivity contribution in [3.63, 3.8) is 0 Å². The smallest absolute Gasteiger partial charge is 0.243 e. The highest BCUT2D eigenvalue weighted by Crippen LogP contribution is 2.32. The van der Waals surface area contributed by atoms with E-state index in [1.165, 1.54) is 0 Å². The molecule has 1 amide bonds. The molecule has 0 atom stereocenters. The Morgan fingerprint density at radius 2 is 2.04 bits per heavy atom. The van der Waals surface area contributed by atoms with Crippen LogP contribution in [0.25, 0.3) is 6.08 Å². The minimum atomic E-state index is -0.0562. The van der Waals surface area contributed by atoms with E-state index < -0.39 is 0 Å². The zero-order valence-electron chi connectivity index (χ0n) is 13.6. The highest BCUT2D eigenvalue weighted by molar-refractivity contribution is 5.87. The van der Waals surface area contributed by atoms with Crippen LogP contribution >= 0.6 is 0 Å². The van der Waals surface area contributed by atoms with Gasteiger partial charge in [0.2, 0.25) is 12.7 Å². The number of carbonyl (C=O) groups is 1. The predicted octanol–water partition coefficient (Wildman–Crippen LogP) is 3.70. The number of ether oxygens (including phenoxy) is 2. The molecule has 1 aliphatic rings. The molecule has 0 spiro atoms. The molecule has 0 radical (unpaired) electrons. The Labute approximate surface area is 137 Å². The van der Waals surface area contributed by atoms with Gasteiger partial charge in [0.25, 0.3) is 0 Å². The van der Waals surface area contributed by atoms with Gasteiger partial charge in [0.1, 0.15) is 0 Å². The van der Waals surface area contributed by atoms with Crippen LogP contribution in [0, 0.1) is 5.92 Å². The first-order valence-corrected chi connectivity index (χ1v) is 7.82. The highest BCUT2D eigenvalue weighted by atomic mass is 16.7. The van der Waals surface area contributed by atoms with Gasteiger partial charge in [-0.15, -0.1) is 0 Å². The molecule has 1 heterocycles. The molecule has 0 bridgehead atoms. The quantitative estimate of drug-likeness (QED) is 0.617. The number of amides is 1. The zero-order chi connectivity index (χ0) is 16.5. The molecule has 0 aliphatic carbocycles. The summed E-state index contributed by atoms with van der Waals surface area (Å²) in [6.07, 6.45) is 12.1. The molecule has 2 rings (SSSR count). The Bertz CT molecular complexity index is 615. The van der Waals surface area contributed by atoms with E-state index in [0.29, 0.717) is 19.3 Å². The SMILES string of the molecule is CC(C)CNC(=O)C=CC=CCC=Cc1ccc2c(c1)OCO2. The summed E-state index contributed by atoms with van der Waals surface area (Å²) >= 11 is 0. The van der Waals surface area contributed by atoms with Crippen LogP contribution in [0.3, 0.4) is 0 Å². The number of rotatable bonds is 7. The van der Waals surface area contributed by atoms with E-state index in [0.717, 1.165) is 23.5 Å². The van der Waals surface area contributed by atoms with Crippen molar-refractivity contribution in [3.8, 4) is 11.5 Å². The van der Waals surface area contributed by atoms with E-state index >= 15 is 0 Å². The van der Waals surface area contributed by atoms with Gasteiger partial charge in [-0.25, -0.2) is 0 Å². The van der Waals surface area contributed by atoms with Gasteiger partial charge in [-0.05, 0) is 30.0 Å². The summed E-state index contributed by atoms with van der Waals surface area (Å²) in [5.74, 6) is 1.99. The molecule has 1 N–H and O–H groups in total. The van der Waals surface area contributed by atoms with Crippen molar-refractivity contribution in [1.29, 1.82) is 0 Å². The molecule has 4 heteroatoms. The third-order valence-electron chi connectivity index (χ3n) is 3.16. The summed E-state index contributed by atoms with van der Waals surface area (Å²) in [5.41, 5.74) is 1.08. The van der Waals surface area contributed by atoms with Gasteiger partial charge in [0, 0.05) is 12.6 Å². The number of benzene rings is 1. The summed E-state index contributed by atoms with van der Waals surface area (Å²) in [6, 6.07) is 5.87. The normalized spacial score (nSPS) is 13.7. The molecular formula is C19H23NO3. The number of nitrogens with one attached hydrogen (secondary N) is 1. The molecule has 0 unspecified atom stereocenters. The Hall–Kier alpha value is -2.49. The number of hydrogen-bond acceptors (Lipinski definition) is 3. The van der Waals surface area contributed by atoms with E-state index in [-0.39, 0.29) is 5.91 Å². The lowest BCUT2D eigenvalue weighted by Gasteiger charge is -2.03. The van der Waals surface area contributed by atoms with Crippen molar-refractivity contribution in [3.05, 3.63) is 54.1 Å². The van der Waals surface area contributed by atoms with Crippen molar-refractivity contribution in [2.75, 3.05) is 13.3 Å². The third-order valence-corrected chi connectivity index (χ3v) is 3.16. The average molecular weight is 313 g/mol. The molecule has 23 heavy (non-hydrogen) atoms. The summed E-state index contributed by atoms with van der Waals surface area (Å²) < 4.78 is 10.6. The largest absolute Gasteiger partial charge is 0.454 e. The highest BCUT2D eigenvalue weighted by Gasteiger charge is 2.11. The van der Waals surface area contributed by atoms with Crippen LogP contribution < -0.4 is 14.8 Å². The second-order valence-corrected chi connectivity index (χ2v) is 5.68. The van der Waals surface area contributed by atoms with Crippen molar-refractivity contribution >= 4 is 12.0 Å². The summed E-state index contributed by atoms with van der Waals surface area (Å²) in [5, 5.41) is 2.83. The van der Waals surface area contributed by atoms with Crippen molar-refractivity contribution in [2.24, 2.45) is 5.92 Å². The average Bonchev–Trinajstić information content (AvgIpc) is 2.99. The standard InChI is InChI=1S/C19H23NO3/c1-15(2)13-20-19(21)9-7-5-3-4-6-8-16-10-11-17-18(12-16)23-14-22-17/h3,5-12,15H,4,13-14H2,1-2H3,(H,20,21). The van der Waals surface area contributed by atoms with Crippen molar-refractivity contribution in [2.45, 2.75) is 20.3 Å². The molecule has 1 aromatic carbocycles. The van der Waals surface area contributed by atoms with Crippen molar-refractivity contribution in [1.82, 2.24) is 5.32 Å². The van der Waals surface area contributed by atoms with E-state index in [4.69, 9.17) is 9.47 Å². The van der Waals surface area contributed by atoms with Gasteiger partial charge in [0.15, 0.2) is 11.5 Å². The lowest BCUT2D eigenvalue weighted by Crippen LogP contribution is -2.25. The molecule has 0 saturated heterocycles. The number of fused-ring (bicyclic) bond motifs is 1. The van der Waals surface area contributed by atoms with Gasteiger partial charge >= 0.3 is 0 Å². The van der Waals surface area contributed by atoms with E-state index in [1.54, 1.807) is 12.2 Å². The fourth-order valence-corrected chi connectivity index (χ4v) is 1.96. The number of hydrogen-bond donors (Lipinski definition) is 1. The zero-order valence-corrected chi connectivity index (χ0v) is 13.6. The third kappa shape index (κ3) is 6.02. The summed E-state index contributed by atoms with van der Waals surface area (Å²) in [7, 11) is 0. The van der Waals surface area contributed by atoms with Gasteiger partial charge in [-0.1, -0.05) is 50.3 Å². The van der Waals surface area contributed by atoms with E-state index in [1.807, 2.05) is 36.4 Å². The van der Waals surface area contributed by atoms with Crippen LogP contribution in [0.1, 0.15) is 25.8 Å². The molecule has 4 nitrogen and oxygen atoms in total. The fourth-order valence-electron chi connectivity index (χ4n) is 1.96. The topological polar surface area (TPSA) is 47.6 Å². The molecule has 0 saturated carbocycles. The Kier molecular flexibility index (Phi) is 6.48. The Morgan fingerprint density at radius 1 is 1.22 bits per heavy atom. The molecule has 1 aliphatic heterocycles. The summed E-state index contributed by atoms with van der Waals surface area (Å²) in [6.45, 7) is 5.13. The van der Waals surface area contributed by atoms with Crippen LogP contribution in [0.4, 0.5) is 0 Å². The van der Waals surface area contributed by atoms with Crippen molar-refractivity contribution < 1.29 is 14.3 Å². The van der Waals surface area contributed by atoms with Gasteiger partial charge < -0.3 is 14.8 Å². The van der Waals surface area contributed by atoms with Gasteiger partial charge in [0.05, 0.1) is 0 Å². The van der Waals surface area contributed by atoms with Crippen LogP contribution in [0.5, 0.6) is 11.5 Å². The maximum atomic E-state index is 11.4. The molecule has 0 fully saturated rings. The maximum absolute atomic E-state index is 11.4. The number of allylic oxidation sites excluding steroid dienone is 4. The van der Waals surface area contributed by atoms with Gasteiger partial charge in [-0.3, -0.25) is 4.79 Å². The number of carbonyl (C=O) groups excluding carboxylic acids is 1. The molecule has 122 valence electrons. The molecular weight excluding hydrogens is 290 g/mol. The maximum Gasteiger partial charge on any atom is 0.243 e. The molecule has 1 aromatic rings. The first kappa shape index (κ1) is 16.9. The minimum absolute atomic E-state index is 0.0562. The second-order valence-electron chi connectivity index (χ2n) is 5.68. The minimum Gasteiger partial charge on any atom is -0.454 e.